The van der Waals surface area contributed by atoms with Gasteiger partial charge < -0.3 is 10.2 Å². The van der Waals surface area contributed by atoms with Gasteiger partial charge >= 0.3 is 5.97 Å². The highest BCUT2D eigenvalue weighted by Crippen LogP contribution is 2.35. The lowest BCUT2D eigenvalue weighted by Crippen LogP contribution is -2.63. The summed E-state index contributed by atoms with van der Waals surface area (Å²) in [6.07, 6.45) is 0. The molecule has 1 aliphatic rings. The van der Waals surface area contributed by atoms with Crippen molar-refractivity contribution in [3.63, 3.8) is 0 Å². The van der Waals surface area contributed by atoms with E-state index in [0.717, 1.165) is 0 Å². The Morgan fingerprint density at radius 1 is 1.12 bits per heavy atom. The van der Waals surface area contributed by atoms with Crippen LogP contribution in [0.3, 0.4) is 0 Å². The third kappa shape index (κ3) is 0.545. The van der Waals surface area contributed by atoms with Crippen LogP contribution in [0.2, 0.25) is 0 Å². The molecule has 1 saturated heterocycles. The van der Waals surface area contributed by atoms with Crippen molar-refractivity contribution in [2.24, 2.45) is 0 Å². The fourth-order valence-electron chi connectivity index (χ4n) is 0.283. The fourth-order valence-corrected chi connectivity index (χ4v) is 0.283. The van der Waals surface area contributed by atoms with Crippen LogP contribution in [0.5, 0.6) is 0 Å². The quantitative estimate of drug-likeness (QED) is 0.330. The molecular formula is C4H8O4. The average molecular weight is 120 g/mol. The van der Waals surface area contributed by atoms with Crippen molar-refractivity contribution in [1.29, 1.82) is 0 Å². The highest BCUT2D eigenvalue weighted by Gasteiger charge is 2.57. The first-order valence-corrected chi connectivity index (χ1v) is 2.27. The van der Waals surface area contributed by atoms with Crippen LogP contribution in [0.25, 0.3) is 0 Å². The third-order valence-electron chi connectivity index (χ3n) is 1.15. The van der Waals surface area contributed by atoms with Gasteiger partial charge in [-0.05, 0) is 13.8 Å². The zero-order valence-corrected chi connectivity index (χ0v) is 4.71. The molecule has 1 aliphatic heterocycles. The first-order chi connectivity index (χ1) is 3.46. The molecule has 0 radical (unpaired) electrons. The first-order valence-electron chi connectivity index (χ1n) is 2.27. The molecule has 1 rings (SSSR count). The van der Waals surface area contributed by atoms with E-state index >= 15 is 0 Å². The summed E-state index contributed by atoms with van der Waals surface area (Å²) in [7, 11) is 0. The van der Waals surface area contributed by atoms with Gasteiger partial charge in [-0.2, -0.15) is 4.89 Å². The molecule has 0 aromatic rings. The third-order valence-corrected chi connectivity index (χ3v) is 1.15. The molecule has 48 valence electrons. The number of hydrogen-bond acceptors (Lipinski definition) is 4. The van der Waals surface area contributed by atoms with E-state index in [1.807, 2.05) is 0 Å². The Morgan fingerprint density at radius 3 is 1.50 bits per heavy atom. The lowest BCUT2D eigenvalue weighted by molar-refractivity contribution is -0.654. The average Bonchev–Trinajstić information content (AvgIpc) is 1.64. The van der Waals surface area contributed by atoms with Crippen molar-refractivity contribution >= 4 is 0 Å². The summed E-state index contributed by atoms with van der Waals surface area (Å²) < 4.78 is 0. The normalized spacial score (nSPS) is 31.5. The summed E-state index contributed by atoms with van der Waals surface area (Å²) in [5.74, 6) is -2.10. The number of rotatable bonds is 0. The molecule has 0 saturated carbocycles. The predicted molar refractivity (Wildman–Crippen MR) is 23.4 cm³/mol. The van der Waals surface area contributed by atoms with Gasteiger partial charge in [0.05, 0.1) is 0 Å². The molecular weight excluding hydrogens is 112 g/mol. The second-order valence-electron chi connectivity index (χ2n) is 2.29. The number of aliphatic hydroxyl groups is 2. The number of hydrogen-bond donors (Lipinski definition) is 2. The van der Waals surface area contributed by atoms with Crippen LogP contribution in [0.1, 0.15) is 13.8 Å². The van der Waals surface area contributed by atoms with E-state index in [9.17, 15) is 0 Å². The van der Waals surface area contributed by atoms with E-state index in [4.69, 9.17) is 10.2 Å². The maximum Gasteiger partial charge on any atom is 0.339 e. The molecule has 0 aromatic carbocycles. The molecule has 4 nitrogen and oxygen atoms in total. The Bertz CT molecular complexity index is 92.6. The van der Waals surface area contributed by atoms with E-state index in [2.05, 4.69) is 9.78 Å². The largest absolute Gasteiger partial charge is 0.339 e. The minimum atomic E-state index is -2.10. The summed E-state index contributed by atoms with van der Waals surface area (Å²) in [5.41, 5.74) is -0.993. The van der Waals surface area contributed by atoms with Crippen molar-refractivity contribution in [2.45, 2.75) is 25.4 Å². The van der Waals surface area contributed by atoms with Gasteiger partial charge in [-0.25, -0.2) is 4.89 Å². The zero-order chi connectivity index (χ0) is 6.41. The lowest BCUT2D eigenvalue weighted by atomic mass is 10.1. The Kier molecular flexibility index (Phi) is 0.908. The Hall–Kier alpha value is -0.160. The van der Waals surface area contributed by atoms with Crippen LogP contribution in [0.15, 0.2) is 0 Å². The standard InChI is InChI=1S/C4H8O4/c1-3(2)4(5,6)8-7-3/h5-6H,1-2H3. The molecule has 1 fully saturated rings. The highest BCUT2D eigenvalue weighted by atomic mass is 17.3. The maximum absolute atomic E-state index is 8.65. The van der Waals surface area contributed by atoms with E-state index in [-0.39, 0.29) is 0 Å². The molecule has 0 aromatic heterocycles. The van der Waals surface area contributed by atoms with Crippen molar-refractivity contribution in [1.82, 2.24) is 0 Å². The van der Waals surface area contributed by atoms with E-state index in [1.54, 1.807) is 0 Å². The molecule has 8 heavy (non-hydrogen) atoms. The summed E-state index contributed by atoms with van der Waals surface area (Å²) in [4.78, 5) is 8.28. The van der Waals surface area contributed by atoms with Crippen molar-refractivity contribution in [3.8, 4) is 0 Å². The van der Waals surface area contributed by atoms with Gasteiger partial charge in [0.1, 0.15) is 0 Å². The fraction of sp³-hybridized carbons (Fsp3) is 1.00. The van der Waals surface area contributed by atoms with E-state index in [0.29, 0.717) is 0 Å². The second-order valence-corrected chi connectivity index (χ2v) is 2.29. The van der Waals surface area contributed by atoms with Crippen LogP contribution in [0, 0.1) is 0 Å². The van der Waals surface area contributed by atoms with Gasteiger partial charge in [0.25, 0.3) is 0 Å². The summed E-state index contributed by atoms with van der Waals surface area (Å²) >= 11 is 0. The van der Waals surface area contributed by atoms with Crippen LogP contribution in [-0.2, 0) is 9.78 Å². The molecule has 0 atom stereocenters. The van der Waals surface area contributed by atoms with Crippen molar-refractivity contribution in [3.05, 3.63) is 0 Å². The van der Waals surface area contributed by atoms with Crippen LogP contribution in [0.4, 0.5) is 0 Å². The van der Waals surface area contributed by atoms with E-state index < -0.39 is 11.6 Å². The SMILES string of the molecule is CC1(C)OOC1(O)O. The Morgan fingerprint density at radius 2 is 1.50 bits per heavy atom. The van der Waals surface area contributed by atoms with Gasteiger partial charge in [-0.3, -0.25) is 0 Å². The maximum atomic E-state index is 8.65. The Labute approximate surface area is 46.6 Å². The van der Waals surface area contributed by atoms with Crippen LogP contribution >= 0.6 is 0 Å². The van der Waals surface area contributed by atoms with Gasteiger partial charge in [-0.15, -0.1) is 0 Å². The van der Waals surface area contributed by atoms with Crippen molar-refractivity contribution < 1.29 is 20.0 Å². The highest BCUT2D eigenvalue weighted by molar-refractivity contribution is 4.80. The molecule has 2 N–H and O–H groups in total. The second kappa shape index (κ2) is 1.22. The summed E-state index contributed by atoms with van der Waals surface area (Å²) in [6, 6.07) is 0. The van der Waals surface area contributed by atoms with Gasteiger partial charge in [-0.1, -0.05) is 0 Å². The Balaban J connectivity index is 2.63. The van der Waals surface area contributed by atoms with Crippen LogP contribution in [-0.4, -0.2) is 21.8 Å². The van der Waals surface area contributed by atoms with E-state index in [1.165, 1.54) is 13.8 Å². The summed E-state index contributed by atoms with van der Waals surface area (Å²) in [6.45, 7) is 3.02. The molecule has 1 heterocycles. The van der Waals surface area contributed by atoms with Gasteiger partial charge in [0.15, 0.2) is 5.60 Å². The zero-order valence-electron chi connectivity index (χ0n) is 4.71. The van der Waals surface area contributed by atoms with Gasteiger partial charge in [0.2, 0.25) is 0 Å². The van der Waals surface area contributed by atoms with Gasteiger partial charge in [0, 0.05) is 0 Å². The monoisotopic (exact) mass is 120 g/mol. The predicted octanol–water partition coefficient (Wildman–Crippen LogP) is -0.635. The smallest absolute Gasteiger partial charge is 0.339 e. The first kappa shape index (κ1) is 5.97. The molecule has 0 bridgehead atoms. The minimum Gasteiger partial charge on any atom is -0.339 e. The molecule has 0 unspecified atom stereocenters. The molecule has 0 aliphatic carbocycles. The lowest BCUT2D eigenvalue weighted by Gasteiger charge is -2.43. The topological polar surface area (TPSA) is 58.9 Å². The summed E-state index contributed by atoms with van der Waals surface area (Å²) in [5, 5.41) is 17.3. The van der Waals surface area contributed by atoms with Crippen molar-refractivity contribution in [2.75, 3.05) is 0 Å². The molecule has 0 amide bonds. The molecule has 4 heteroatoms. The van der Waals surface area contributed by atoms with Crippen LogP contribution < -0.4 is 0 Å². The minimum absolute atomic E-state index is 0.993. The molecule has 0 spiro atoms.